The summed E-state index contributed by atoms with van der Waals surface area (Å²) in [6.07, 6.45) is 1.48. The third kappa shape index (κ3) is 4.28. The van der Waals surface area contributed by atoms with Gasteiger partial charge in [-0.1, -0.05) is 33.6 Å². The Morgan fingerprint density at radius 2 is 2.22 bits per heavy atom. The summed E-state index contributed by atoms with van der Waals surface area (Å²) in [7, 11) is 1.64. The van der Waals surface area contributed by atoms with Crippen LogP contribution in [0.15, 0.2) is 29.3 Å². The number of halogens is 2. The molecule has 0 aromatic heterocycles. The van der Waals surface area contributed by atoms with Crippen LogP contribution in [0.3, 0.4) is 0 Å². The van der Waals surface area contributed by atoms with E-state index in [9.17, 15) is 5.11 Å². The molecule has 1 rings (SSSR count). The van der Waals surface area contributed by atoms with E-state index >= 15 is 0 Å². The maximum absolute atomic E-state index is 9.77. The van der Waals surface area contributed by atoms with E-state index < -0.39 is 6.10 Å². The molecule has 0 heterocycles. The second kappa shape index (κ2) is 7.79. The molecule has 0 bridgehead atoms. The van der Waals surface area contributed by atoms with Gasteiger partial charge in [0.15, 0.2) is 0 Å². The first-order valence-electron chi connectivity index (χ1n) is 5.51. The van der Waals surface area contributed by atoms with Gasteiger partial charge in [0.1, 0.15) is 5.75 Å². The molecule has 0 radical (unpaired) electrons. The molecule has 1 aromatic carbocycles. The summed E-state index contributed by atoms with van der Waals surface area (Å²) in [5.41, 5.74) is 0.677. The molecule has 100 valence electrons. The molecule has 3 nitrogen and oxygen atoms in total. The molecule has 0 saturated carbocycles. The van der Waals surface area contributed by atoms with Crippen LogP contribution in [-0.4, -0.2) is 25.4 Å². The fourth-order valence-electron chi connectivity index (χ4n) is 1.39. The van der Waals surface area contributed by atoms with Gasteiger partial charge in [-0.25, -0.2) is 0 Å². The van der Waals surface area contributed by atoms with Crippen molar-refractivity contribution in [2.45, 2.75) is 12.5 Å². The number of rotatable bonds is 7. The molecule has 0 aliphatic rings. The maximum atomic E-state index is 9.77. The number of benzene rings is 1. The van der Waals surface area contributed by atoms with Gasteiger partial charge in [0.05, 0.1) is 17.7 Å². The first-order valence-corrected chi connectivity index (χ1v) is 6.68. The highest BCUT2D eigenvalue weighted by Crippen LogP contribution is 2.34. The lowest BCUT2D eigenvalue weighted by atomic mass is 10.1. The van der Waals surface area contributed by atoms with Gasteiger partial charge in [-0.2, -0.15) is 0 Å². The van der Waals surface area contributed by atoms with E-state index in [1.807, 2.05) is 0 Å². The minimum atomic E-state index is -0.752. The molecular formula is C13H16BrClO3. The topological polar surface area (TPSA) is 38.7 Å². The highest BCUT2D eigenvalue weighted by Gasteiger charge is 2.12. The SMILES string of the molecule is C=CC(O)c1cc(OCCCOC)c(Cl)cc1Br. The summed E-state index contributed by atoms with van der Waals surface area (Å²) < 4.78 is 11.2. The number of aliphatic hydroxyl groups excluding tert-OH is 1. The summed E-state index contributed by atoms with van der Waals surface area (Å²) in [4.78, 5) is 0. The Morgan fingerprint density at radius 1 is 1.50 bits per heavy atom. The van der Waals surface area contributed by atoms with Crippen molar-refractivity contribution in [3.8, 4) is 5.75 Å². The van der Waals surface area contributed by atoms with E-state index in [0.29, 0.717) is 29.5 Å². The second-order valence-electron chi connectivity index (χ2n) is 3.68. The van der Waals surface area contributed by atoms with E-state index in [1.54, 1.807) is 19.2 Å². The normalized spacial score (nSPS) is 12.2. The summed E-state index contributed by atoms with van der Waals surface area (Å²) >= 11 is 9.42. The van der Waals surface area contributed by atoms with E-state index in [-0.39, 0.29) is 0 Å². The second-order valence-corrected chi connectivity index (χ2v) is 4.94. The van der Waals surface area contributed by atoms with Gasteiger partial charge in [-0.05, 0) is 12.1 Å². The third-order valence-electron chi connectivity index (χ3n) is 2.34. The van der Waals surface area contributed by atoms with Crippen molar-refractivity contribution in [1.82, 2.24) is 0 Å². The van der Waals surface area contributed by atoms with E-state index in [4.69, 9.17) is 21.1 Å². The predicted octanol–water partition coefficient (Wildman–Crippen LogP) is 3.74. The highest BCUT2D eigenvalue weighted by molar-refractivity contribution is 9.10. The van der Waals surface area contributed by atoms with Gasteiger partial charge >= 0.3 is 0 Å². The highest BCUT2D eigenvalue weighted by atomic mass is 79.9. The lowest BCUT2D eigenvalue weighted by Crippen LogP contribution is -2.03. The van der Waals surface area contributed by atoms with E-state index in [1.165, 1.54) is 6.08 Å². The van der Waals surface area contributed by atoms with Gasteiger partial charge < -0.3 is 14.6 Å². The van der Waals surface area contributed by atoms with Gasteiger partial charge in [0.25, 0.3) is 0 Å². The van der Waals surface area contributed by atoms with Crippen LogP contribution in [0.4, 0.5) is 0 Å². The van der Waals surface area contributed by atoms with E-state index in [2.05, 4.69) is 22.5 Å². The summed E-state index contributed by atoms with van der Waals surface area (Å²) in [5.74, 6) is 0.548. The van der Waals surface area contributed by atoms with Crippen molar-refractivity contribution in [2.24, 2.45) is 0 Å². The summed E-state index contributed by atoms with van der Waals surface area (Å²) in [6, 6.07) is 3.42. The van der Waals surface area contributed by atoms with Crippen LogP contribution in [0, 0.1) is 0 Å². The molecule has 1 aromatic rings. The van der Waals surface area contributed by atoms with Crippen LogP contribution < -0.4 is 4.74 Å². The monoisotopic (exact) mass is 334 g/mol. The predicted molar refractivity (Wildman–Crippen MR) is 76.3 cm³/mol. The van der Waals surface area contributed by atoms with Crippen LogP contribution in [0.1, 0.15) is 18.1 Å². The summed E-state index contributed by atoms with van der Waals surface area (Å²) in [6.45, 7) is 4.70. The number of methoxy groups -OCH3 is 1. The molecule has 18 heavy (non-hydrogen) atoms. The van der Waals surface area contributed by atoms with Gasteiger partial charge in [-0.3, -0.25) is 0 Å². The Balaban J connectivity index is 2.81. The van der Waals surface area contributed by atoms with E-state index in [0.717, 1.165) is 10.9 Å². The van der Waals surface area contributed by atoms with Crippen molar-refractivity contribution in [3.63, 3.8) is 0 Å². The first kappa shape index (κ1) is 15.5. The van der Waals surface area contributed by atoms with Crippen molar-refractivity contribution in [2.75, 3.05) is 20.3 Å². The zero-order valence-electron chi connectivity index (χ0n) is 10.2. The zero-order valence-corrected chi connectivity index (χ0v) is 12.5. The Morgan fingerprint density at radius 3 is 2.83 bits per heavy atom. The fourth-order valence-corrected chi connectivity index (χ4v) is 2.32. The van der Waals surface area contributed by atoms with Crippen molar-refractivity contribution in [3.05, 3.63) is 39.8 Å². The molecule has 0 aliphatic heterocycles. The molecule has 0 amide bonds. The Hall–Kier alpha value is -0.550. The standard InChI is InChI=1S/C13H16BrClO3/c1-3-12(16)9-7-13(11(15)8-10(9)14)18-6-4-5-17-2/h3,7-8,12,16H,1,4-6H2,2H3. The third-order valence-corrected chi connectivity index (χ3v) is 3.33. The van der Waals surface area contributed by atoms with Gasteiger partial charge in [0, 0.05) is 30.2 Å². The van der Waals surface area contributed by atoms with Crippen LogP contribution in [0.2, 0.25) is 5.02 Å². The largest absolute Gasteiger partial charge is 0.492 e. The lowest BCUT2D eigenvalue weighted by molar-refractivity contribution is 0.172. The Bertz CT molecular complexity index is 409. The number of aliphatic hydroxyl groups is 1. The smallest absolute Gasteiger partial charge is 0.138 e. The van der Waals surface area contributed by atoms with Crippen LogP contribution >= 0.6 is 27.5 Å². The lowest BCUT2D eigenvalue weighted by Gasteiger charge is -2.13. The average molecular weight is 336 g/mol. The van der Waals surface area contributed by atoms with Crippen LogP contribution in [0.25, 0.3) is 0 Å². The van der Waals surface area contributed by atoms with Crippen LogP contribution in [0.5, 0.6) is 5.75 Å². The average Bonchev–Trinajstić information content (AvgIpc) is 2.36. The Kier molecular flexibility index (Phi) is 6.71. The molecule has 0 saturated heterocycles. The summed E-state index contributed by atoms with van der Waals surface area (Å²) in [5, 5.41) is 10.3. The van der Waals surface area contributed by atoms with Crippen LogP contribution in [-0.2, 0) is 4.74 Å². The number of hydrogen-bond acceptors (Lipinski definition) is 3. The zero-order chi connectivity index (χ0) is 13.5. The minimum Gasteiger partial charge on any atom is -0.492 e. The van der Waals surface area contributed by atoms with Gasteiger partial charge in [-0.15, -0.1) is 6.58 Å². The molecule has 1 unspecified atom stereocenters. The number of hydrogen-bond donors (Lipinski definition) is 1. The number of ether oxygens (including phenoxy) is 2. The molecule has 1 atom stereocenters. The molecule has 0 spiro atoms. The molecule has 0 fully saturated rings. The Labute approximate surface area is 120 Å². The molecule has 0 aliphatic carbocycles. The minimum absolute atomic E-state index is 0.499. The quantitative estimate of drug-likeness (QED) is 0.609. The molecule has 5 heteroatoms. The van der Waals surface area contributed by atoms with Crippen molar-refractivity contribution >= 4 is 27.5 Å². The maximum Gasteiger partial charge on any atom is 0.138 e. The van der Waals surface area contributed by atoms with Gasteiger partial charge in [0.2, 0.25) is 0 Å². The van der Waals surface area contributed by atoms with Crippen molar-refractivity contribution < 1.29 is 14.6 Å². The fraction of sp³-hybridized carbons (Fsp3) is 0.385. The molecular weight excluding hydrogens is 319 g/mol. The van der Waals surface area contributed by atoms with Crippen molar-refractivity contribution in [1.29, 1.82) is 0 Å². The first-order chi connectivity index (χ1) is 8.60. The molecule has 1 N–H and O–H groups in total.